The molecule has 0 saturated heterocycles. The Hall–Kier alpha value is -1.12. The minimum atomic E-state index is -4.60. The Morgan fingerprint density at radius 2 is 2.00 bits per heavy atom. The van der Waals surface area contributed by atoms with E-state index in [1.807, 2.05) is 0 Å². The number of sulfonamides is 1. The van der Waals surface area contributed by atoms with Crippen molar-refractivity contribution in [3.05, 3.63) is 29.8 Å². The van der Waals surface area contributed by atoms with Crippen LogP contribution in [0.5, 0.6) is 0 Å². The molecule has 1 atom stereocenters. The Balaban J connectivity index is 2.22. The topological polar surface area (TPSA) is 57.6 Å². The van der Waals surface area contributed by atoms with Gasteiger partial charge >= 0.3 is 6.18 Å². The lowest BCUT2D eigenvalue weighted by atomic mass is 10.2. The zero-order valence-corrected chi connectivity index (χ0v) is 12.2. The number of hydrogen-bond donors (Lipinski definition) is 1. The Morgan fingerprint density at radius 1 is 1.38 bits per heavy atom. The summed E-state index contributed by atoms with van der Waals surface area (Å²) in [5, 5.41) is 9.77. The number of alkyl halides is 3. The van der Waals surface area contributed by atoms with Crippen LogP contribution in [0, 0.1) is 5.92 Å². The highest BCUT2D eigenvalue weighted by Crippen LogP contribution is 2.34. The zero-order chi connectivity index (χ0) is 15.8. The largest absolute Gasteiger partial charge is 0.416 e. The Morgan fingerprint density at radius 3 is 2.52 bits per heavy atom. The van der Waals surface area contributed by atoms with E-state index >= 15 is 0 Å². The molecule has 8 heteroatoms. The lowest BCUT2D eigenvalue weighted by molar-refractivity contribution is -0.137. The van der Waals surface area contributed by atoms with Crippen molar-refractivity contribution >= 4 is 10.0 Å². The highest BCUT2D eigenvalue weighted by molar-refractivity contribution is 7.89. The highest BCUT2D eigenvalue weighted by Gasteiger charge is 2.35. The van der Waals surface area contributed by atoms with Crippen molar-refractivity contribution in [3.63, 3.8) is 0 Å². The van der Waals surface area contributed by atoms with Gasteiger partial charge in [-0.2, -0.15) is 17.5 Å². The number of hydrogen-bond acceptors (Lipinski definition) is 3. The fraction of sp³-hybridized carbons (Fsp3) is 0.538. The molecule has 0 bridgehead atoms. The van der Waals surface area contributed by atoms with Crippen molar-refractivity contribution in [1.29, 1.82) is 0 Å². The number of benzene rings is 1. The van der Waals surface area contributed by atoms with Crippen molar-refractivity contribution in [1.82, 2.24) is 4.31 Å². The van der Waals surface area contributed by atoms with E-state index in [9.17, 15) is 26.7 Å². The molecule has 1 fully saturated rings. The fourth-order valence-corrected chi connectivity index (χ4v) is 3.24. The lowest BCUT2D eigenvalue weighted by Gasteiger charge is -2.21. The summed E-state index contributed by atoms with van der Waals surface area (Å²) in [6, 6.07) is 3.60. The van der Waals surface area contributed by atoms with E-state index in [2.05, 4.69) is 0 Å². The third-order valence-electron chi connectivity index (χ3n) is 3.48. The van der Waals surface area contributed by atoms with Crippen LogP contribution >= 0.6 is 0 Å². The minimum absolute atomic E-state index is 0.0872. The standard InChI is InChI=1S/C13H16F3NO3S/c1-17(8-12(18)9-5-6-9)21(19,20)11-4-2-3-10(7-11)13(14,15)16/h2-4,7,9,12,18H,5-6,8H2,1H3. The summed E-state index contributed by atoms with van der Waals surface area (Å²) in [6.07, 6.45) is -3.69. The van der Waals surface area contributed by atoms with Crippen LogP contribution in [0.3, 0.4) is 0 Å². The molecule has 0 aliphatic heterocycles. The summed E-state index contributed by atoms with van der Waals surface area (Å²) in [5.74, 6) is 0.0872. The molecule has 1 unspecified atom stereocenters. The smallest absolute Gasteiger partial charge is 0.391 e. The van der Waals surface area contributed by atoms with Gasteiger partial charge in [-0.3, -0.25) is 0 Å². The van der Waals surface area contributed by atoms with E-state index in [0.29, 0.717) is 6.07 Å². The molecular formula is C13H16F3NO3S. The number of rotatable bonds is 5. The molecule has 4 nitrogen and oxygen atoms in total. The third kappa shape index (κ3) is 3.75. The van der Waals surface area contributed by atoms with Crippen molar-refractivity contribution in [2.24, 2.45) is 5.92 Å². The summed E-state index contributed by atoms with van der Waals surface area (Å²) in [5.41, 5.74) is -1.01. The van der Waals surface area contributed by atoms with Crippen LogP contribution in [0.2, 0.25) is 0 Å². The second kappa shape index (κ2) is 5.58. The fourth-order valence-electron chi connectivity index (χ4n) is 2.00. The summed E-state index contributed by atoms with van der Waals surface area (Å²) >= 11 is 0. The summed E-state index contributed by atoms with van der Waals surface area (Å²) < 4.78 is 63.3. The molecule has 1 saturated carbocycles. The normalized spacial score (nSPS) is 18.0. The van der Waals surface area contributed by atoms with Gasteiger partial charge in [-0.05, 0) is 37.0 Å². The molecule has 0 radical (unpaired) electrons. The van der Waals surface area contributed by atoms with Gasteiger partial charge < -0.3 is 5.11 Å². The molecule has 1 aromatic rings. The van der Waals surface area contributed by atoms with Crippen LogP contribution in [0.1, 0.15) is 18.4 Å². The molecule has 118 valence electrons. The first-order valence-electron chi connectivity index (χ1n) is 6.44. The molecular weight excluding hydrogens is 307 g/mol. The number of halogens is 3. The van der Waals surface area contributed by atoms with Crippen LogP contribution < -0.4 is 0 Å². The zero-order valence-electron chi connectivity index (χ0n) is 11.3. The predicted octanol–water partition coefficient (Wildman–Crippen LogP) is 2.10. The molecule has 21 heavy (non-hydrogen) atoms. The molecule has 1 aromatic carbocycles. The van der Waals surface area contributed by atoms with E-state index in [1.54, 1.807) is 0 Å². The molecule has 1 aliphatic carbocycles. The van der Waals surface area contributed by atoms with Gasteiger partial charge in [0.15, 0.2) is 0 Å². The highest BCUT2D eigenvalue weighted by atomic mass is 32.2. The van der Waals surface area contributed by atoms with Crippen molar-refractivity contribution < 1.29 is 26.7 Å². The molecule has 2 rings (SSSR count). The van der Waals surface area contributed by atoms with Crippen molar-refractivity contribution in [2.45, 2.75) is 30.0 Å². The van der Waals surface area contributed by atoms with Gasteiger partial charge in [0, 0.05) is 13.6 Å². The van der Waals surface area contributed by atoms with E-state index < -0.39 is 32.8 Å². The second-order valence-corrected chi connectivity index (χ2v) is 7.26. The quantitative estimate of drug-likeness (QED) is 0.903. The Bertz CT molecular complexity index is 611. The van der Waals surface area contributed by atoms with Crippen molar-refractivity contribution in [2.75, 3.05) is 13.6 Å². The summed E-state index contributed by atoms with van der Waals surface area (Å²) in [6.45, 7) is -0.122. The van der Waals surface area contributed by atoms with E-state index in [-0.39, 0.29) is 12.5 Å². The summed E-state index contributed by atoms with van der Waals surface area (Å²) in [4.78, 5) is -0.428. The first kappa shape index (κ1) is 16.3. The summed E-state index contributed by atoms with van der Waals surface area (Å²) in [7, 11) is -2.80. The van der Waals surface area contributed by atoms with Gasteiger partial charge in [0.25, 0.3) is 0 Å². The van der Waals surface area contributed by atoms with Gasteiger partial charge in [0.1, 0.15) is 0 Å². The van der Waals surface area contributed by atoms with Gasteiger partial charge in [-0.15, -0.1) is 0 Å². The van der Waals surface area contributed by atoms with Gasteiger partial charge in [-0.25, -0.2) is 8.42 Å². The number of aliphatic hydroxyl groups is 1. The molecule has 0 amide bonds. The third-order valence-corrected chi connectivity index (χ3v) is 5.30. The van der Waals surface area contributed by atoms with E-state index in [0.717, 1.165) is 35.3 Å². The van der Waals surface area contributed by atoms with Crippen LogP contribution in [0.4, 0.5) is 13.2 Å². The SMILES string of the molecule is CN(CC(O)C1CC1)S(=O)(=O)c1cccc(C(F)(F)F)c1. The van der Waals surface area contributed by atoms with E-state index in [1.165, 1.54) is 7.05 Å². The monoisotopic (exact) mass is 323 g/mol. The second-order valence-electron chi connectivity index (χ2n) is 5.22. The maximum Gasteiger partial charge on any atom is 0.416 e. The lowest BCUT2D eigenvalue weighted by Crippen LogP contribution is -2.35. The number of aliphatic hydroxyl groups excluding tert-OH is 1. The van der Waals surface area contributed by atoms with Gasteiger partial charge in [0.05, 0.1) is 16.6 Å². The predicted molar refractivity (Wildman–Crippen MR) is 70.0 cm³/mol. The maximum absolute atomic E-state index is 12.6. The van der Waals surface area contributed by atoms with Crippen molar-refractivity contribution in [3.8, 4) is 0 Å². The minimum Gasteiger partial charge on any atom is -0.391 e. The van der Waals surface area contributed by atoms with Crippen LogP contribution in [0.25, 0.3) is 0 Å². The average Bonchev–Trinajstić information content (AvgIpc) is 3.22. The Labute approximate surface area is 121 Å². The number of likely N-dealkylation sites (N-methyl/N-ethyl adjacent to an activating group) is 1. The molecule has 1 N–H and O–H groups in total. The molecule has 0 heterocycles. The van der Waals surface area contributed by atoms with Crippen LogP contribution in [0.15, 0.2) is 29.2 Å². The van der Waals surface area contributed by atoms with Gasteiger partial charge in [0.2, 0.25) is 10.0 Å². The average molecular weight is 323 g/mol. The Kier molecular flexibility index (Phi) is 4.32. The van der Waals surface area contributed by atoms with Crippen LogP contribution in [-0.4, -0.2) is 37.5 Å². The molecule has 1 aliphatic rings. The molecule has 0 aromatic heterocycles. The maximum atomic E-state index is 12.6. The van der Waals surface area contributed by atoms with Crippen LogP contribution in [-0.2, 0) is 16.2 Å². The first-order valence-corrected chi connectivity index (χ1v) is 7.88. The van der Waals surface area contributed by atoms with E-state index in [4.69, 9.17) is 0 Å². The van der Waals surface area contributed by atoms with Gasteiger partial charge in [-0.1, -0.05) is 6.07 Å². The molecule has 0 spiro atoms. The first-order chi connectivity index (χ1) is 9.62. The number of nitrogens with zero attached hydrogens (tertiary/aromatic N) is 1.